The molecule has 6 rings (SSSR count). The fourth-order valence-corrected chi connectivity index (χ4v) is 4.62. The summed E-state index contributed by atoms with van der Waals surface area (Å²) in [4.78, 5) is 18.4. The van der Waals surface area contributed by atoms with Crippen molar-refractivity contribution in [2.75, 3.05) is 18.8 Å². The number of hydrogen-bond acceptors (Lipinski definition) is 6. The van der Waals surface area contributed by atoms with Crippen LogP contribution in [0.4, 0.5) is 10.2 Å². The number of fused-ring (bicyclic) bond motifs is 1. The van der Waals surface area contributed by atoms with Crippen LogP contribution in [0.2, 0.25) is 0 Å². The first-order chi connectivity index (χ1) is 17.5. The van der Waals surface area contributed by atoms with Gasteiger partial charge in [0, 0.05) is 30.8 Å². The third-order valence-corrected chi connectivity index (χ3v) is 6.42. The van der Waals surface area contributed by atoms with Crippen molar-refractivity contribution in [2.24, 2.45) is 0 Å². The molecule has 0 unspecified atom stereocenters. The Morgan fingerprint density at radius 1 is 1.06 bits per heavy atom. The van der Waals surface area contributed by atoms with Crippen molar-refractivity contribution in [3.63, 3.8) is 0 Å². The summed E-state index contributed by atoms with van der Waals surface area (Å²) in [5.74, 6) is -0.222. The molecule has 0 saturated carbocycles. The first-order valence-electron chi connectivity index (χ1n) is 11.6. The number of nitrogens with zero attached hydrogens (tertiary/aromatic N) is 7. The Balaban J connectivity index is 1.22. The number of anilines is 1. The number of benzene rings is 2. The maximum absolute atomic E-state index is 14.9. The molecule has 1 aliphatic heterocycles. The number of aromatic nitrogens is 6. The van der Waals surface area contributed by atoms with Gasteiger partial charge in [-0.25, -0.2) is 14.1 Å². The summed E-state index contributed by atoms with van der Waals surface area (Å²) in [5.41, 5.74) is 9.39. The molecule has 9 nitrogen and oxygen atoms in total. The SMILES string of the molecule is Nc1cc(C(=O)N2CC(c3nn(Cc4cn(Cc5ccccc5)nn4)c4cccc(F)c34)C2)ccn1. The zero-order valence-electron chi connectivity index (χ0n) is 19.3. The van der Waals surface area contributed by atoms with Crippen LogP contribution in [-0.2, 0) is 13.1 Å². The summed E-state index contributed by atoms with van der Waals surface area (Å²) in [6.07, 6.45) is 3.39. The minimum Gasteiger partial charge on any atom is -0.384 e. The van der Waals surface area contributed by atoms with E-state index in [1.54, 1.807) is 32.5 Å². The number of nitrogens with two attached hydrogens (primary N) is 1. The number of carbonyl (C=O) groups excluding carboxylic acids is 1. The van der Waals surface area contributed by atoms with Crippen LogP contribution in [0.5, 0.6) is 0 Å². The number of amides is 1. The monoisotopic (exact) mass is 482 g/mol. The Hall–Kier alpha value is -4.60. The lowest BCUT2D eigenvalue weighted by atomic mass is 9.93. The van der Waals surface area contributed by atoms with Crippen molar-refractivity contribution >= 4 is 22.6 Å². The van der Waals surface area contributed by atoms with Gasteiger partial charge in [-0.2, -0.15) is 5.10 Å². The molecular weight excluding hydrogens is 459 g/mol. The van der Waals surface area contributed by atoms with Gasteiger partial charge in [0.25, 0.3) is 5.91 Å². The third kappa shape index (κ3) is 4.06. The first kappa shape index (κ1) is 21.9. The van der Waals surface area contributed by atoms with E-state index in [1.165, 1.54) is 12.3 Å². The predicted octanol–water partition coefficient (Wildman–Crippen LogP) is 3.08. The lowest BCUT2D eigenvalue weighted by Gasteiger charge is -2.38. The zero-order valence-corrected chi connectivity index (χ0v) is 19.3. The van der Waals surface area contributed by atoms with Crippen LogP contribution in [0.3, 0.4) is 0 Å². The van der Waals surface area contributed by atoms with E-state index in [-0.39, 0.29) is 17.6 Å². The first-order valence-corrected chi connectivity index (χ1v) is 11.6. The molecule has 4 heterocycles. The second-order valence-corrected chi connectivity index (χ2v) is 8.95. The molecule has 0 radical (unpaired) electrons. The van der Waals surface area contributed by atoms with Crippen molar-refractivity contribution in [1.29, 1.82) is 0 Å². The van der Waals surface area contributed by atoms with Crippen molar-refractivity contribution < 1.29 is 9.18 Å². The quantitative estimate of drug-likeness (QED) is 0.399. The van der Waals surface area contributed by atoms with Gasteiger partial charge in [-0.3, -0.25) is 9.48 Å². The molecule has 1 aliphatic rings. The number of pyridine rings is 1. The van der Waals surface area contributed by atoms with E-state index in [4.69, 9.17) is 10.8 Å². The van der Waals surface area contributed by atoms with Crippen molar-refractivity contribution in [3.05, 3.63) is 101 Å². The number of hydrogen-bond donors (Lipinski definition) is 1. The highest BCUT2D eigenvalue weighted by atomic mass is 19.1. The fraction of sp³-hybridized carbons (Fsp3) is 0.192. The lowest BCUT2D eigenvalue weighted by molar-refractivity contribution is 0.0599. The maximum atomic E-state index is 14.9. The Labute approximate surface area is 206 Å². The second-order valence-electron chi connectivity index (χ2n) is 8.95. The van der Waals surface area contributed by atoms with Crippen LogP contribution in [0.15, 0.2) is 73.1 Å². The van der Waals surface area contributed by atoms with Crippen LogP contribution in [0.1, 0.15) is 33.2 Å². The van der Waals surface area contributed by atoms with Gasteiger partial charge in [0.1, 0.15) is 17.3 Å². The second kappa shape index (κ2) is 8.88. The van der Waals surface area contributed by atoms with E-state index >= 15 is 0 Å². The molecule has 0 aliphatic carbocycles. The van der Waals surface area contributed by atoms with Crippen LogP contribution < -0.4 is 5.73 Å². The molecule has 1 fully saturated rings. The maximum Gasteiger partial charge on any atom is 0.254 e. The molecule has 5 aromatic rings. The third-order valence-electron chi connectivity index (χ3n) is 6.42. The van der Waals surface area contributed by atoms with Crippen molar-refractivity contribution in [3.8, 4) is 0 Å². The van der Waals surface area contributed by atoms with E-state index in [1.807, 2.05) is 42.6 Å². The van der Waals surface area contributed by atoms with Gasteiger partial charge in [-0.15, -0.1) is 5.10 Å². The lowest BCUT2D eigenvalue weighted by Crippen LogP contribution is -2.48. The number of nitrogen functional groups attached to an aromatic ring is 1. The van der Waals surface area contributed by atoms with Gasteiger partial charge in [-0.05, 0) is 29.8 Å². The average molecular weight is 483 g/mol. The zero-order chi connectivity index (χ0) is 24.6. The minimum absolute atomic E-state index is 0.0671. The molecule has 0 spiro atoms. The van der Waals surface area contributed by atoms with Gasteiger partial charge >= 0.3 is 0 Å². The van der Waals surface area contributed by atoms with Crippen LogP contribution in [0, 0.1) is 5.82 Å². The van der Waals surface area contributed by atoms with Gasteiger partial charge in [0.2, 0.25) is 0 Å². The molecule has 1 amide bonds. The Morgan fingerprint density at radius 3 is 2.69 bits per heavy atom. The molecule has 0 bridgehead atoms. The van der Waals surface area contributed by atoms with Crippen LogP contribution in [0.25, 0.3) is 10.9 Å². The topological polar surface area (TPSA) is 108 Å². The van der Waals surface area contributed by atoms with Gasteiger partial charge in [0.15, 0.2) is 0 Å². The van der Waals surface area contributed by atoms with Gasteiger partial charge in [-0.1, -0.05) is 41.6 Å². The summed E-state index contributed by atoms with van der Waals surface area (Å²) < 4.78 is 18.5. The fourth-order valence-electron chi connectivity index (χ4n) is 4.62. The summed E-state index contributed by atoms with van der Waals surface area (Å²) in [6, 6.07) is 18.2. The van der Waals surface area contributed by atoms with E-state index in [0.717, 1.165) is 11.3 Å². The molecule has 36 heavy (non-hydrogen) atoms. The van der Waals surface area contributed by atoms with E-state index in [0.29, 0.717) is 54.2 Å². The molecule has 3 aromatic heterocycles. The summed E-state index contributed by atoms with van der Waals surface area (Å²) in [6.45, 7) is 1.88. The highest BCUT2D eigenvalue weighted by Crippen LogP contribution is 2.34. The molecule has 0 atom stereocenters. The molecule has 1 saturated heterocycles. The Morgan fingerprint density at radius 2 is 1.89 bits per heavy atom. The molecule has 10 heteroatoms. The highest BCUT2D eigenvalue weighted by molar-refractivity contribution is 5.95. The molecule has 2 N–H and O–H groups in total. The van der Waals surface area contributed by atoms with Gasteiger partial charge in [0.05, 0.1) is 35.9 Å². The number of halogens is 1. The normalized spacial score (nSPS) is 13.8. The van der Waals surface area contributed by atoms with Gasteiger partial charge < -0.3 is 10.6 Å². The number of likely N-dealkylation sites (tertiary alicyclic amines) is 1. The molecule has 180 valence electrons. The smallest absolute Gasteiger partial charge is 0.254 e. The standard InChI is InChI=1S/C26H23FN8O/c27-21-7-4-8-22-24(21)25(19-13-33(14-19)26(36)18-9-10-29-23(28)11-18)31-35(22)16-20-15-34(32-30-20)12-17-5-2-1-3-6-17/h1-11,15,19H,12-14,16H2,(H2,28,29). The van der Waals surface area contributed by atoms with E-state index in [9.17, 15) is 9.18 Å². The van der Waals surface area contributed by atoms with Crippen molar-refractivity contribution in [2.45, 2.75) is 19.0 Å². The summed E-state index contributed by atoms with van der Waals surface area (Å²) in [7, 11) is 0. The average Bonchev–Trinajstić information content (AvgIpc) is 3.44. The molecule has 2 aromatic carbocycles. The minimum atomic E-state index is -0.326. The molecular formula is C26H23FN8O. The predicted molar refractivity (Wildman–Crippen MR) is 132 cm³/mol. The van der Waals surface area contributed by atoms with Crippen LogP contribution >= 0.6 is 0 Å². The number of rotatable bonds is 6. The summed E-state index contributed by atoms with van der Waals surface area (Å²) in [5, 5.41) is 13.8. The summed E-state index contributed by atoms with van der Waals surface area (Å²) >= 11 is 0. The Bertz CT molecular complexity index is 1560. The number of carbonyl (C=O) groups is 1. The Kier molecular flexibility index (Phi) is 5.40. The largest absolute Gasteiger partial charge is 0.384 e. The highest BCUT2D eigenvalue weighted by Gasteiger charge is 2.36. The van der Waals surface area contributed by atoms with Crippen molar-refractivity contribution in [1.82, 2.24) is 34.7 Å². The van der Waals surface area contributed by atoms with E-state index in [2.05, 4.69) is 15.3 Å². The van der Waals surface area contributed by atoms with E-state index < -0.39 is 0 Å². The van der Waals surface area contributed by atoms with Crippen LogP contribution in [-0.4, -0.2) is 53.7 Å².